The Labute approximate surface area is 122 Å². The molecule has 0 aliphatic rings. The van der Waals surface area contributed by atoms with Crippen LogP contribution in [0, 0.1) is 12.3 Å². The standard InChI is InChI=1S/C16H12N4O/c1-2-12-3-5-13(6-4-12)14-7-9-15(10-8-14)16(21)18-11-19-20-17/h1,3-10H,11H2,(H,18,21). The van der Waals surface area contributed by atoms with Crippen LogP contribution in [0.4, 0.5) is 0 Å². The smallest absolute Gasteiger partial charge is 0.251 e. The molecule has 0 saturated carbocycles. The van der Waals surface area contributed by atoms with Gasteiger partial charge in [-0.2, -0.15) is 0 Å². The first kappa shape index (κ1) is 14.2. The van der Waals surface area contributed by atoms with Gasteiger partial charge in [0.2, 0.25) is 0 Å². The largest absolute Gasteiger partial charge is 0.346 e. The van der Waals surface area contributed by atoms with E-state index >= 15 is 0 Å². The van der Waals surface area contributed by atoms with Crippen molar-refractivity contribution in [2.45, 2.75) is 0 Å². The van der Waals surface area contributed by atoms with Gasteiger partial charge >= 0.3 is 0 Å². The van der Waals surface area contributed by atoms with Crippen LogP contribution in [0.25, 0.3) is 21.6 Å². The van der Waals surface area contributed by atoms with Gasteiger partial charge in [-0.3, -0.25) is 4.79 Å². The van der Waals surface area contributed by atoms with E-state index in [2.05, 4.69) is 21.3 Å². The predicted molar refractivity (Wildman–Crippen MR) is 81.3 cm³/mol. The van der Waals surface area contributed by atoms with E-state index in [1.807, 2.05) is 36.4 Å². The predicted octanol–water partition coefficient (Wildman–Crippen LogP) is 3.33. The van der Waals surface area contributed by atoms with E-state index in [4.69, 9.17) is 12.0 Å². The average molecular weight is 276 g/mol. The van der Waals surface area contributed by atoms with Crippen molar-refractivity contribution in [1.82, 2.24) is 5.32 Å². The molecule has 1 amide bonds. The number of terminal acetylenes is 1. The topological polar surface area (TPSA) is 77.9 Å². The zero-order valence-corrected chi connectivity index (χ0v) is 11.2. The van der Waals surface area contributed by atoms with Crippen LogP contribution in [-0.2, 0) is 0 Å². The van der Waals surface area contributed by atoms with Crippen molar-refractivity contribution in [2.24, 2.45) is 5.11 Å². The molecule has 0 aliphatic heterocycles. The van der Waals surface area contributed by atoms with Crippen molar-refractivity contribution < 1.29 is 4.79 Å². The lowest BCUT2D eigenvalue weighted by molar-refractivity contribution is 0.0955. The summed E-state index contributed by atoms with van der Waals surface area (Å²) in [6.07, 6.45) is 5.32. The van der Waals surface area contributed by atoms with Gasteiger partial charge in [-0.1, -0.05) is 35.3 Å². The molecule has 1 N–H and O–H groups in total. The highest BCUT2D eigenvalue weighted by Crippen LogP contribution is 2.20. The second-order valence-corrected chi connectivity index (χ2v) is 4.19. The molecule has 0 atom stereocenters. The van der Waals surface area contributed by atoms with E-state index in [-0.39, 0.29) is 12.6 Å². The molecule has 0 spiro atoms. The third kappa shape index (κ3) is 3.63. The van der Waals surface area contributed by atoms with Crippen LogP contribution in [0.1, 0.15) is 15.9 Å². The number of nitrogens with one attached hydrogen (secondary N) is 1. The molecule has 0 aromatic heterocycles. The van der Waals surface area contributed by atoms with Crippen molar-refractivity contribution in [3.63, 3.8) is 0 Å². The molecule has 21 heavy (non-hydrogen) atoms. The molecule has 0 aliphatic carbocycles. The van der Waals surface area contributed by atoms with E-state index in [9.17, 15) is 4.79 Å². The molecule has 2 aromatic carbocycles. The lowest BCUT2D eigenvalue weighted by atomic mass is 10.0. The number of rotatable bonds is 4. The van der Waals surface area contributed by atoms with Crippen LogP contribution in [-0.4, -0.2) is 12.6 Å². The molecule has 2 rings (SSSR count). The molecule has 5 heteroatoms. The highest BCUT2D eigenvalue weighted by molar-refractivity contribution is 5.94. The number of hydrogen-bond acceptors (Lipinski definition) is 2. The summed E-state index contributed by atoms with van der Waals surface area (Å²) in [5.74, 6) is 2.29. The van der Waals surface area contributed by atoms with E-state index in [0.717, 1.165) is 16.7 Å². The number of carbonyl (C=O) groups excluding carboxylic acids is 1. The van der Waals surface area contributed by atoms with Gasteiger partial charge in [-0.25, -0.2) is 0 Å². The maximum Gasteiger partial charge on any atom is 0.251 e. The summed E-state index contributed by atoms with van der Waals surface area (Å²) < 4.78 is 0. The van der Waals surface area contributed by atoms with Crippen LogP contribution in [0.15, 0.2) is 53.6 Å². The Morgan fingerprint density at radius 3 is 2.24 bits per heavy atom. The number of amides is 1. The minimum absolute atomic E-state index is 0.0648. The Kier molecular flexibility index (Phi) is 4.60. The lowest BCUT2D eigenvalue weighted by Crippen LogP contribution is -2.22. The fourth-order valence-electron chi connectivity index (χ4n) is 1.81. The number of carbonyl (C=O) groups is 1. The van der Waals surface area contributed by atoms with E-state index in [1.54, 1.807) is 12.1 Å². The molecule has 0 heterocycles. The maximum atomic E-state index is 11.7. The number of hydrogen-bond donors (Lipinski definition) is 1. The van der Waals surface area contributed by atoms with E-state index < -0.39 is 0 Å². The monoisotopic (exact) mass is 276 g/mol. The number of benzene rings is 2. The second kappa shape index (κ2) is 6.80. The van der Waals surface area contributed by atoms with Crippen molar-refractivity contribution >= 4 is 5.91 Å². The summed E-state index contributed by atoms with van der Waals surface area (Å²) in [6.45, 7) is -0.0648. The molecular weight excluding hydrogens is 264 g/mol. The van der Waals surface area contributed by atoms with Crippen LogP contribution in [0.5, 0.6) is 0 Å². The molecule has 102 valence electrons. The normalized spacial score (nSPS) is 9.29. The zero-order valence-electron chi connectivity index (χ0n) is 11.2. The molecule has 0 radical (unpaired) electrons. The molecular formula is C16H12N4O. The van der Waals surface area contributed by atoms with Crippen molar-refractivity contribution in [1.29, 1.82) is 0 Å². The van der Waals surface area contributed by atoms with Gasteiger partial charge in [0.1, 0.15) is 0 Å². The fraction of sp³-hybridized carbons (Fsp3) is 0.0625. The summed E-state index contributed by atoms with van der Waals surface area (Å²) >= 11 is 0. The van der Waals surface area contributed by atoms with Crippen LogP contribution < -0.4 is 5.32 Å². The van der Waals surface area contributed by atoms with Gasteiger partial charge in [0.25, 0.3) is 5.91 Å². The Balaban J connectivity index is 2.12. The zero-order chi connectivity index (χ0) is 15.1. The molecule has 2 aromatic rings. The first-order chi connectivity index (χ1) is 10.2. The van der Waals surface area contributed by atoms with Gasteiger partial charge in [0.05, 0.1) is 6.67 Å². The van der Waals surface area contributed by atoms with Gasteiger partial charge in [0.15, 0.2) is 0 Å². The van der Waals surface area contributed by atoms with Gasteiger partial charge in [-0.15, -0.1) is 6.42 Å². The summed E-state index contributed by atoms with van der Waals surface area (Å²) in [4.78, 5) is 14.3. The SMILES string of the molecule is C#Cc1ccc(-c2ccc(C(=O)NCN=[N+]=[N-])cc2)cc1. The number of nitrogens with zero attached hydrogens (tertiary/aromatic N) is 3. The number of azide groups is 1. The Hall–Kier alpha value is -3.22. The summed E-state index contributed by atoms with van der Waals surface area (Å²) in [5, 5.41) is 5.74. The van der Waals surface area contributed by atoms with E-state index in [1.165, 1.54) is 0 Å². The third-order valence-electron chi connectivity index (χ3n) is 2.91. The molecule has 5 nitrogen and oxygen atoms in total. The first-order valence-electron chi connectivity index (χ1n) is 6.21. The molecule has 0 fully saturated rings. The highest BCUT2D eigenvalue weighted by Gasteiger charge is 2.04. The first-order valence-corrected chi connectivity index (χ1v) is 6.21. The lowest BCUT2D eigenvalue weighted by Gasteiger charge is -2.05. The van der Waals surface area contributed by atoms with Gasteiger partial charge in [0, 0.05) is 16.0 Å². The van der Waals surface area contributed by atoms with Crippen molar-refractivity contribution in [3.05, 3.63) is 70.1 Å². The highest BCUT2D eigenvalue weighted by atomic mass is 16.1. The van der Waals surface area contributed by atoms with Crippen LogP contribution in [0.2, 0.25) is 0 Å². The van der Waals surface area contributed by atoms with Gasteiger partial charge in [-0.05, 0) is 40.9 Å². The van der Waals surface area contributed by atoms with Crippen LogP contribution >= 0.6 is 0 Å². The van der Waals surface area contributed by atoms with Crippen molar-refractivity contribution in [2.75, 3.05) is 6.67 Å². The molecule has 0 bridgehead atoms. The quantitative estimate of drug-likeness (QED) is 0.395. The Morgan fingerprint density at radius 2 is 1.71 bits per heavy atom. The fourth-order valence-corrected chi connectivity index (χ4v) is 1.81. The maximum absolute atomic E-state index is 11.7. The second-order valence-electron chi connectivity index (χ2n) is 4.19. The third-order valence-corrected chi connectivity index (χ3v) is 2.91. The van der Waals surface area contributed by atoms with Gasteiger partial charge < -0.3 is 5.32 Å². The Bertz CT molecular complexity index is 720. The molecule has 0 unspecified atom stereocenters. The average Bonchev–Trinajstić information content (AvgIpc) is 2.55. The van der Waals surface area contributed by atoms with E-state index in [0.29, 0.717) is 5.56 Å². The minimum atomic E-state index is -0.281. The Morgan fingerprint density at radius 1 is 1.14 bits per heavy atom. The minimum Gasteiger partial charge on any atom is -0.346 e. The van der Waals surface area contributed by atoms with Crippen molar-refractivity contribution in [3.8, 4) is 23.5 Å². The molecule has 0 saturated heterocycles. The summed E-state index contributed by atoms with van der Waals surface area (Å²) in [5.41, 5.74) is 11.5. The summed E-state index contributed by atoms with van der Waals surface area (Å²) in [6, 6.07) is 14.8. The van der Waals surface area contributed by atoms with Crippen LogP contribution in [0.3, 0.4) is 0 Å². The summed E-state index contributed by atoms with van der Waals surface area (Å²) in [7, 11) is 0.